The Kier molecular flexibility index (Phi) is 3.93. The van der Waals surface area contributed by atoms with Gasteiger partial charge in [-0.1, -0.05) is 31.7 Å². The minimum Gasteiger partial charge on any atom is -0.424 e. The van der Waals surface area contributed by atoms with E-state index in [-0.39, 0.29) is 0 Å². The molecule has 0 aliphatic heterocycles. The summed E-state index contributed by atoms with van der Waals surface area (Å²) in [4.78, 5) is 0. The predicted molar refractivity (Wildman–Crippen MR) is 47.5 cm³/mol. The van der Waals surface area contributed by atoms with E-state index in [4.69, 9.17) is 10.0 Å². The van der Waals surface area contributed by atoms with Gasteiger partial charge in [0, 0.05) is 8.07 Å². The molecule has 0 aromatic rings. The lowest BCUT2D eigenvalue weighted by molar-refractivity contribution is 0.424. The molecule has 4 heteroatoms. The molecule has 0 spiro atoms. The van der Waals surface area contributed by atoms with Gasteiger partial charge >= 0.3 is 7.12 Å². The van der Waals surface area contributed by atoms with Crippen LogP contribution >= 0.6 is 0 Å². The van der Waals surface area contributed by atoms with Crippen LogP contribution in [-0.4, -0.2) is 25.2 Å². The SMILES string of the molecule is C[Si](C)(C)C/C=C/B(O)O. The van der Waals surface area contributed by atoms with Gasteiger partial charge in [0.1, 0.15) is 0 Å². The van der Waals surface area contributed by atoms with Crippen LogP contribution in [0, 0.1) is 0 Å². The lowest BCUT2D eigenvalue weighted by atomic mass is 9.92. The molecule has 0 saturated heterocycles. The molecule has 0 atom stereocenters. The van der Waals surface area contributed by atoms with Crippen molar-refractivity contribution in [3.63, 3.8) is 0 Å². The van der Waals surface area contributed by atoms with Crippen molar-refractivity contribution in [1.82, 2.24) is 0 Å². The summed E-state index contributed by atoms with van der Waals surface area (Å²) < 4.78 is 0. The predicted octanol–water partition coefficient (Wildman–Crippen LogP) is 0.893. The first kappa shape index (κ1) is 9.94. The molecule has 2 N–H and O–H groups in total. The van der Waals surface area contributed by atoms with E-state index >= 15 is 0 Å². The Morgan fingerprint density at radius 3 is 2.10 bits per heavy atom. The molecule has 2 nitrogen and oxygen atoms in total. The molecule has 0 aliphatic rings. The lowest BCUT2D eigenvalue weighted by Gasteiger charge is -2.11. The highest BCUT2D eigenvalue weighted by molar-refractivity contribution is 6.76. The molecule has 0 aromatic carbocycles. The maximum absolute atomic E-state index is 8.43. The van der Waals surface area contributed by atoms with Crippen LogP contribution in [0.2, 0.25) is 25.7 Å². The molecule has 0 saturated carbocycles. The molecule has 0 aliphatic carbocycles. The summed E-state index contributed by atoms with van der Waals surface area (Å²) in [6, 6.07) is 1.00. The van der Waals surface area contributed by atoms with E-state index in [1.807, 2.05) is 6.08 Å². The van der Waals surface area contributed by atoms with Crippen molar-refractivity contribution in [2.24, 2.45) is 0 Å². The van der Waals surface area contributed by atoms with Gasteiger partial charge in [-0.15, -0.1) is 0 Å². The van der Waals surface area contributed by atoms with Gasteiger partial charge in [0.25, 0.3) is 0 Å². The first-order valence-electron chi connectivity index (χ1n) is 3.44. The summed E-state index contributed by atoms with van der Waals surface area (Å²) >= 11 is 0. The third-order valence-electron chi connectivity index (χ3n) is 1.04. The van der Waals surface area contributed by atoms with Crippen molar-refractivity contribution in [2.45, 2.75) is 25.7 Å². The summed E-state index contributed by atoms with van der Waals surface area (Å²) in [5.41, 5.74) is 0. The van der Waals surface area contributed by atoms with Crippen molar-refractivity contribution in [3.05, 3.63) is 12.1 Å². The van der Waals surface area contributed by atoms with E-state index in [0.717, 1.165) is 6.04 Å². The second-order valence-corrected chi connectivity index (χ2v) is 9.14. The molecule has 0 bridgehead atoms. The molecular weight excluding hydrogens is 143 g/mol. The Morgan fingerprint density at radius 1 is 1.30 bits per heavy atom. The van der Waals surface area contributed by atoms with Crippen LogP contribution in [0.25, 0.3) is 0 Å². The maximum atomic E-state index is 8.43. The number of hydrogen-bond acceptors (Lipinski definition) is 2. The maximum Gasteiger partial charge on any atom is 0.480 e. The number of hydrogen-bond donors (Lipinski definition) is 2. The summed E-state index contributed by atoms with van der Waals surface area (Å²) in [6.45, 7) is 6.71. The van der Waals surface area contributed by atoms with E-state index in [1.54, 1.807) is 0 Å². The van der Waals surface area contributed by atoms with Crippen molar-refractivity contribution >= 4 is 15.2 Å². The van der Waals surface area contributed by atoms with Crippen molar-refractivity contribution in [3.8, 4) is 0 Å². The van der Waals surface area contributed by atoms with Crippen LogP contribution < -0.4 is 0 Å². The average Bonchev–Trinajstić information content (AvgIpc) is 1.59. The van der Waals surface area contributed by atoms with E-state index in [0.29, 0.717) is 0 Å². The smallest absolute Gasteiger partial charge is 0.424 e. The van der Waals surface area contributed by atoms with Crippen LogP contribution in [0.3, 0.4) is 0 Å². The van der Waals surface area contributed by atoms with Crippen LogP contribution in [-0.2, 0) is 0 Å². The normalized spacial score (nSPS) is 12.5. The van der Waals surface area contributed by atoms with Crippen molar-refractivity contribution in [2.75, 3.05) is 0 Å². The first-order valence-corrected chi connectivity index (χ1v) is 7.15. The zero-order valence-electron chi connectivity index (χ0n) is 6.83. The molecule has 10 heavy (non-hydrogen) atoms. The third kappa shape index (κ3) is 7.94. The molecule has 0 heterocycles. The van der Waals surface area contributed by atoms with Gasteiger partial charge in [0.15, 0.2) is 0 Å². The Hall–Kier alpha value is -0.0582. The van der Waals surface area contributed by atoms with E-state index in [9.17, 15) is 0 Å². The van der Waals surface area contributed by atoms with Crippen LogP contribution in [0.1, 0.15) is 0 Å². The molecule has 0 aromatic heterocycles. The molecule has 0 radical (unpaired) electrons. The minimum absolute atomic E-state index is 1.00. The summed E-state index contributed by atoms with van der Waals surface area (Å²) in [5.74, 6) is 1.41. The van der Waals surface area contributed by atoms with Gasteiger partial charge in [0.2, 0.25) is 0 Å². The fourth-order valence-corrected chi connectivity index (χ4v) is 1.39. The number of allylic oxidation sites excluding steroid dienone is 1. The summed E-state index contributed by atoms with van der Waals surface area (Å²) in [7, 11) is -2.31. The molecular formula is C6H15BO2Si. The van der Waals surface area contributed by atoms with Crippen molar-refractivity contribution < 1.29 is 10.0 Å². The summed E-state index contributed by atoms with van der Waals surface area (Å²) in [6.07, 6.45) is 1.84. The average molecular weight is 158 g/mol. The van der Waals surface area contributed by atoms with Gasteiger partial charge in [-0.3, -0.25) is 0 Å². The van der Waals surface area contributed by atoms with Crippen LogP contribution in [0.15, 0.2) is 12.1 Å². The quantitative estimate of drug-likeness (QED) is 0.599. The highest BCUT2D eigenvalue weighted by Gasteiger charge is 2.10. The van der Waals surface area contributed by atoms with E-state index < -0.39 is 15.2 Å². The van der Waals surface area contributed by atoms with Gasteiger partial charge in [-0.25, -0.2) is 0 Å². The zero-order chi connectivity index (χ0) is 8.20. The zero-order valence-corrected chi connectivity index (χ0v) is 7.83. The van der Waals surface area contributed by atoms with Gasteiger partial charge in [-0.05, 0) is 6.04 Å². The largest absolute Gasteiger partial charge is 0.480 e. The minimum atomic E-state index is -1.28. The molecule has 0 amide bonds. The topological polar surface area (TPSA) is 40.5 Å². The second kappa shape index (κ2) is 3.95. The Labute approximate surface area is 63.7 Å². The number of rotatable bonds is 3. The van der Waals surface area contributed by atoms with E-state index in [2.05, 4.69) is 19.6 Å². The Morgan fingerprint density at radius 2 is 1.80 bits per heavy atom. The van der Waals surface area contributed by atoms with Gasteiger partial charge in [0.05, 0.1) is 0 Å². The molecule has 0 unspecified atom stereocenters. The molecule has 0 rings (SSSR count). The highest BCUT2D eigenvalue weighted by Crippen LogP contribution is 2.07. The van der Waals surface area contributed by atoms with Gasteiger partial charge in [-0.2, -0.15) is 0 Å². The van der Waals surface area contributed by atoms with Crippen LogP contribution in [0.4, 0.5) is 0 Å². The summed E-state index contributed by atoms with van der Waals surface area (Å²) in [5, 5.41) is 16.9. The fourth-order valence-electron chi connectivity index (χ4n) is 0.543. The molecule has 58 valence electrons. The first-order chi connectivity index (χ1) is 4.42. The van der Waals surface area contributed by atoms with Gasteiger partial charge < -0.3 is 10.0 Å². The van der Waals surface area contributed by atoms with E-state index in [1.165, 1.54) is 5.98 Å². The fraction of sp³-hybridized carbons (Fsp3) is 0.667. The Bertz CT molecular complexity index is 117. The third-order valence-corrected chi connectivity index (χ3v) is 2.50. The standard InChI is InChI=1S/C6H15BO2Si/c1-10(2,3)6-4-5-7(8)9/h4-5,8-9H,6H2,1-3H3/b5-4+. The lowest BCUT2D eigenvalue weighted by Crippen LogP contribution is -2.18. The van der Waals surface area contributed by atoms with Crippen LogP contribution in [0.5, 0.6) is 0 Å². The second-order valence-electron chi connectivity index (χ2n) is 3.61. The Balaban J connectivity index is 3.54. The monoisotopic (exact) mass is 158 g/mol. The highest BCUT2D eigenvalue weighted by atomic mass is 28.3. The molecule has 0 fully saturated rings. The van der Waals surface area contributed by atoms with Crippen molar-refractivity contribution in [1.29, 1.82) is 0 Å².